The number of anilines is 2. The highest BCUT2D eigenvalue weighted by Crippen LogP contribution is 2.31. The topological polar surface area (TPSA) is 90.0 Å². The molecule has 0 radical (unpaired) electrons. The summed E-state index contributed by atoms with van der Waals surface area (Å²) in [6.45, 7) is 2.37. The standard InChI is InChI=1S/C12H15ClN4O2S/c1-3-15-12-10(20(2,18)19)11(14)17(16-12)9-7-5-4-6-8(9)13/h4-7H,3,14H2,1-2H3,(H,15,16). The van der Waals surface area contributed by atoms with Crippen molar-refractivity contribution in [2.24, 2.45) is 0 Å². The number of sulfone groups is 1. The second kappa shape index (κ2) is 5.34. The zero-order chi connectivity index (χ0) is 14.9. The first-order chi connectivity index (χ1) is 9.36. The molecule has 0 amide bonds. The largest absolute Gasteiger partial charge is 0.382 e. The van der Waals surface area contributed by atoms with Gasteiger partial charge in [0, 0.05) is 12.8 Å². The third kappa shape index (κ3) is 2.59. The Morgan fingerprint density at radius 1 is 1.40 bits per heavy atom. The van der Waals surface area contributed by atoms with Crippen molar-refractivity contribution in [3.05, 3.63) is 29.3 Å². The molecule has 3 N–H and O–H groups in total. The minimum absolute atomic E-state index is 0.0146. The number of benzene rings is 1. The minimum atomic E-state index is -3.50. The SMILES string of the molecule is CCNc1nn(-c2ccccc2Cl)c(N)c1S(C)(=O)=O. The summed E-state index contributed by atoms with van der Waals surface area (Å²) in [5, 5.41) is 7.55. The van der Waals surface area contributed by atoms with Gasteiger partial charge in [-0.15, -0.1) is 5.10 Å². The monoisotopic (exact) mass is 314 g/mol. The maximum atomic E-state index is 11.9. The van der Waals surface area contributed by atoms with Crippen LogP contribution in [-0.2, 0) is 9.84 Å². The lowest BCUT2D eigenvalue weighted by Gasteiger charge is -2.05. The molecule has 2 rings (SSSR count). The number of para-hydroxylation sites is 1. The Hall–Kier alpha value is -1.73. The highest BCUT2D eigenvalue weighted by molar-refractivity contribution is 7.91. The van der Waals surface area contributed by atoms with E-state index in [1.54, 1.807) is 24.3 Å². The third-order valence-electron chi connectivity index (χ3n) is 2.67. The summed E-state index contributed by atoms with van der Waals surface area (Å²) in [4.78, 5) is -0.0146. The molecule has 20 heavy (non-hydrogen) atoms. The average molecular weight is 315 g/mol. The molecule has 0 saturated heterocycles. The van der Waals surface area contributed by atoms with Crippen molar-refractivity contribution < 1.29 is 8.42 Å². The van der Waals surface area contributed by atoms with Crippen LogP contribution < -0.4 is 11.1 Å². The molecule has 1 aromatic heterocycles. The number of hydrogen-bond donors (Lipinski definition) is 2. The lowest BCUT2D eigenvalue weighted by Crippen LogP contribution is -2.06. The van der Waals surface area contributed by atoms with Gasteiger partial charge in [0.25, 0.3) is 0 Å². The summed E-state index contributed by atoms with van der Waals surface area (Å²) < 4.78 is 25.1. The maximum absolute atomic E-state index is 11.9. The summed E-state index contributed by atoms with van der Waals surface area (Å²) in [6.07, 6.45) is 1.10. The molecule has 0 aliphatic rings. The van der Waals surface area contributed by atoms with Gasteiger partial charge in [-0.2, -0.15) is 0 Å². The van der Waals surface area contributed by atoms with E-state index in [1.165, 1.54) is 4.68 Å². The predicted molar refractivity (Wildman–Crippen MR) is 80.3 cm³/mol. The van der Waals surface area contributed by atoms with Crippen LogP contribution in [0, 0.1) is 0 Å². The van der Waals surface area contributed by atoms with Crippen LogP contribution in [0.5, 0.6) is 0 Å². The van der Waals surface area contributed by atoms with Gasteiger partial charge in [0.05, 0.1) is 10.7 Å². The Balaban J connectivity index is 2.72. The van der Waals surface area contributed by atoms with E-state index in [0.717, 1.165) is 6.26 Å². The van der Waals surface area contributed by atoms with Crippen molar-refractivity contribution in [3.8, 4) is 5.69 Å². The van der Waals surface area contributed by atoms with Crippen LogP contribution in [0.15, 0.2) is 29.2 Å². The van der Waals surface area contributed by atoms with Crippen molar-refractivity contribution >= 4 is 33.1 Å². The zero-order valence-electron chi connectivity index (χ0n) is 11.1. The third-order valence-corrected chi connectivity index (χ3v) is 4.14. The summed E-state index contributed by atoms with van der Waals surface area (Å²) in [5.74, 6) is 0.268. The number of rotatable bonds is 4. The van der Waals surface area contributed by atoms with Crippen molar-refractivity contribution in [3.63, 3.8) is 0 Å². The van der Waals surface area contributed by atoms with Gasteiger partial charge in [-0.05, 0) is 19.1 Å². The quantitative estimate of drug-likeness (QED) is 0.900. The Labute approximate surface area is 122 Å². The summed E-state index contributed by atoms with van der Waals surface area (Å²) in [7, 11) is -3.50. The van der Waals surface area contributed by atoms with Crippen LogP contribution >= 0.6 is 11.6 Å². The first-order valence-electron chi connectivity index (χ1n) is 5.93. The molecular formula is C12H15ClN4O2S. The molecule has 0 atom stereocenters. The molecule has 108 valence electrons. The Kier molecular flexibility index (Phi) is 3.92. The van der Waals surface area contributed by atoms with Gasteiger partial charge in [0.1, 0.15) is 5.82 Å². The number of halogens is 1. The number of nitrogens with two attached hydrogens (primary N) is 1. The second-order valence-electron chi connectivity index (χ2n) is 4.23. The Morgan fingerprint density at radius 3 is 2.60 bits per heavy atom. The zero-order valence-corrected chi connectivity index (χ0v) is 12.7. The Morgan fingerprint density at radius 2 is 2.05 bits per heavy atom. The molecule has 0 aliphatic heterocycles. The highest BCUT2D eigenvalue weighted by Gasteiger charge is 2.25. The van der Waals surface area contributed by atoms with Crippen LogP contribution in [0.3, 0.4) is 0 Å². The van der Waals surface area contributed by atoms with Crippen molar-refractivity contribution in [2.45, 2.75) is 11.8 Å². The van der Waals surface area contributed by atoms with Gasteiger partial charge in [-0.3, -0.25) is 0 Å². The Bertz CT molecular complexity index is 740. The molecule has 0 spiro atoms. The molecule has 8 heteroatoms. The predicted octanol–water partition coefficient (Wildman–Crippen LogP) is 1.94. The fourth-order valence-corrected chi connectivity index (χ4v) is 3.02. The van der Waals surface area contributed by atoms with Crippen molar-refractivity contribution in [2.75, 3.05) is 23.9 Å². The first-order valence-corrected chi connectivity index (χ1v) is 8.20. The molecule has 0 unspecified atom stereocenters. The lowest BCUT2D eigenvalue weighted by molar-refractivity contribution is 0.602. The molecule has 0 saturated carbocycles. The van der Waals surface area contributed by atoms with Gasteiger partial charge >= 0.3 is 0 Å². The normalized spacial score (nSPS) is 11.6. The second-order valence-corrected chi connectivity index (χ2v) is 6.59. The smallest absolute Gasteiger partial charge is 0.182 e. The number of hydrogen-bond acceptors (Lipinski definition) is 5. The molecule has 0 aliphatic carbocycles. The van der Waals surface area contributed by atoms with Gasteiger partial charge in [0.15, 0.2) is 20.6 Å². The van der Waals surface area contributed by atoms with E-state index in [0.29, 0.717) is 17.3 Å². The summed E-state index contributed by atoms with van der Waals surface area (Å²) in [5.41, 5.74) is 6.47. The van der Waals surface area contributed by atoms with E-state index in [4.69, 9.17) is 17.3 Å². The average Bonchev–Trinajstić information content (AvgIpc) is 2.67. The van der Waals surface area contributed by atoms with Crippen LogP contribution in [0.25, 0.3) is 5.69 Å². The van der Waals surface area contributed by atoms with Crippen molar-refractivity contribution in [1.29, 1.82) is 0 Å². The lowest BCUT2D eigenvalue weighted by atomic mass is 10.3. The van der Waals surface area contributed by atoms with E-state index in [1.807, 2.05) is 6.92 Å². The summed E-state index contributed by atoms with van der Waals surface area (Å²) >= 11 is 6.10. The fraction of sp³-hybridized carbons (Fsp3) is 0.250. The first kappa shape index (κ1) is 14.7. The maximum Gasteiger partial charge on any atom is 0.182 e. The van der Waals surface area contributed by atoms with Crippen LogP contribution in [0.4, 0.5) is 11.6 Å². The minimum Gasteiger partial charge on any atom is -0.382 e. The number of nitrogens with one attached hydrogen (secondary N) is 1. The molecule has 6 nitrogen and oxygen atoms in total. The van der Waals surface area contributed by atoms with E-state index >= 15 is 0 Å². The van der Waals surface area contributed by atoms with Gasteiger partial charge in [0.2, 0.25) is 0 Å². The molecular weight excluding hydrogens is 300 g/mol. The van der Waals surface area contributed by atoms with E-state index in [9.17, 15) is 8.42 Å². The van der Waals surface area contributed by atoms with Gasteiger partial charge in [-0.1, -0.05) is 23.7 Å². The van der Waals surface area contributed by atoms with E-state index in [2.05, 4.69) is 10.4 Å². The van der Waals surface area contributed by atoms with E-state index in [-0.39, 0.29) is 16.5 Å². The van der Waals surface area contributed by atoms with Gasteiger partial charge < -0.3 is 11.1 Å². The van der Waals surface area contributed by atoms with E-state index < -0.39 is 9.84 Å². The molecule has 1 aromatic carbocycles. The molecule has 0 fully saturated rings. The molecule has 0 bridgehead atoms. The van der Waals surface area contributed by atoms with Gasteiger partial charge in [-0.25, -0.2) is 13.1 Å². The van der Waals surface area contributed by atoms with Crippen LogP contribution in [-0.4, -0.2) is 31.0 Å². The van der Waals surface area contributed by atoms with Crippen LogP contribution in [0.2, 0.25) is 5.02 Å². The molecule has 1 heterocycles. The number of nitrogen functional groups attached to an aromatic ring is 1. The number of aromatic nitrogens is 2. The highest BCUT2D eigenvalue weighted by atomic mass is 35.5. The fourth-order valence-electron chi connectivity index (χ4n) is 1.87. The number of nitrogens with zero attached hydrogens (tertiary/aromatic N) is 2. The van der Waals surface area contributed by atoms with Crippen LogP contribution in [0.1, 0.15) is 6.92 Å². The van der Waals surface area contributed by atoms with Crippen molar-refractivity contribution in [1.82, 2.24) is 9.78 Å². The summed E-state index contributed by atoms with van der Waals surface area (Å²) in [6, 6.07) is 6.95. The molecule has 2 aromatic rings.